The Bertz CT molecular complexity index is 904. The Morgan fingerprint density at radius 3 is 2.70 bits per heavy atom. The maximum atomic E-state index is 12.4. The zero-order valence-electron chi connectivity index (χ0n) is 17.1. The van der Waals surface area contributed by atoms with Crippen LogP contribution in [0.2, 0.25) is 0 Å². The third-order valence-electron chi connectivity index (χ3n) is 5.22. The number of nitrogens with zero attached hydrogens (tertiary/aromatic N) is 2. The van der Waals surface area contributed by atoms with Crippen LogP contribution in [0.5, 0.6) is 5.75 Å². The molecule has 0 radical (unpaired) electrons. The molecule has 0 aromatic heterocycles. The lowest BCUT2D eigenvalue weighted by Gasteiger charge is -2.39. The van der Waals surface area contributed by atoms with Crippen LogP contribution < -0.4 is 9.64 Å². The molecule has 1 aliphatic heterocycles. The molecular formula is C22H26N2O6. The Kier molecular flexibility index (Phi) is 6.56. The Morgan fingerprint density at radius 1 is 1.33 bits per heavy atom. The van der Waals surface area contributed by atoms with Crippen molar-refractivity contribution in [2.75, 3.05) is 24.7 Å². The lowest BCUT2D eigenvalue weighted by molar-refractivity contribution is -0.384. The van der Waals surface area contributed by atoms with E-state index >= 15 is 0 Å². The van der Waals surface area contributed by atoms with Crippen LogP contribution in [0.4, 0.5) is 11.4 Å². The number of anilines is 1. The average molecular weight is 414 g/mol. The molecule has 0 amide bonds. The van der Waals surface area contributed by atoms with Crippen LogP contribution in [-0.4, -0.2) is 41.9 Å². The molecule has 1 heterocycles. The predicted octanol–water partition coefficient (Wildman–Crippen LogP) is 3.31. The summed E-state index contributed by atoms with van der Waals surface area (Å²) in [5.74, 6) is 0.0390. The minimum atomic E-state index is -1.10. The second kappa shape index (κ2) is 9.13. The van der Waals surface area contributed by atoms with E-state index in [1.807, 2.05) is 35.2 Å². The van der Waals surface area contributed by atoms with Crippen LogP contribution in [0.25, 0.3) is 0 Å². The predicted molar refractivity (Wildman–Crippen MR) is 111 cm³/mol. The van der Waals surface area contributed by atoms with Crippen molar-refractivity contribution in [2.45, 2.75) is 32.9 Å². The number of ether oxygens (including phenoxy) is 2. The van der Waals surface area contributed by atoms with Crippen molar-refractivity contribution in [1.82, 2.24) is 0 Å². The van der Waals surface area contributed by atoms with Crippen LogP contribution >= 0.6 is 0 Å². The molecule has 160 valence electrons. The molecule has 8 heteroatoms. The molecule has 30 heavy (non-hydrogen) atoms. The molecule has 0 aliphatic carbocycles. The van der Waals surface area contributed by atoms with Gasteiger partial charge in [0.2, 0.25) is 0 Å². The normalized spacial score (nSPS) is 17.4. The van der Waals surface area contributed by atoms with E-state index in [1.165, 1.54) is 12.1 Å². The fourth-order valence-corrected chi connectivity index (χ4v) is 3.61. The van der Waals surface area contributed by atoms with Crippen LogP contribution in [0.1, 0.15) is 25.8 Å². The van der Waals surface area contributed by atoms with Crippen LogP contribution in [0.3, 0.4) is 0 Å². The summed E-state index contributed by atoms with van der Waals surface area (Å²) in [7, 11) is 0. The first kappa shape index (κ1) is 21.6. The second-order valence-corrected chi connectivity index (χ2v) is 7.66. The number of nitro benzene ring substituents is 1. The molecule has 2 aromatic rings. The van der Waals surface area contributed by atoms with E-state index in [0.29, 0.717) is 24.5 Å². The van der Waals surface area contributed by atoms with Gasteiger partial charge in [-0.05, 0) is 25.5 Å². The van der Waals surface area contributed by atoms with Gasteiger partial charge in [-0.1, -0.05) is 30.3 Å². The SMILES string of the molecule is CCOC(=O)C(C)(CO)C[C@H]1CN(Cc2ccccc2)c2cc([N+](=O)[O-])ccc2O1. The van der Waals surface area contributed by atoms with Crippen molar-refractivity contribution in [3.63, 3.8) is 0 Å². The molecule has 0 saturated carbocycles. The molecule has 1 N–H and O–H groups in total. The van der Waals surface area contributed by atoms with Gasteiger partial charge in [-0.25, -0.2) is 0 Å². The summed E-state index contributed by atoms with van der Waals surface area (Å²) in [6.07, 6.45) is -0.145. The molecule has 8 nitrogen and oxygen atoms in total. The first-order valence-corrected chi connectivity index (χ1v) is 9.88. The van der Waals surface area contributed by atoms with E-state index in [1.54, 1.807) is 19.9 Å². The van der Waals surface area contributed by atoms with Crippen molar-refractivity contribution < 1.29 is 24.3 Å². The number of nitro groups is 1. The van der Waals surface area contributed by atoms with E-state index in [9.17, 15) is 20.0 Å². The van der Waals surface area contributed by atoms with Gasteiger partial charge in [0.1, 0.15) is 11.9 Å². The number of fused-ring (bicyclic) bond motifs is 1. The number of rotatable bonds is 8. The number of hydrogen-bond donors (Lipinski definition) is 1. The van der Waals surface area contributed by atoms with Crippen molar-refractivity contribution in [2.24, 2.45) is 5.41 Å². The van der Waals surface area contributed by atoms with E-state index in [-0.39, 0.29) is 25.3 Å². The van der Waals surface area contributed by atoms with E-state index in [2.05, 4.69) is 0 Å². The van der Waals surface area contributed by atoms with E-state index in [0.717, 1.165) is 5.56 Å². The Labute approximate surface area is 175 Å². The van der Waals surface area contributed by atoms with Crippen molar-refractivity contribution >= 4 is 17.3 Å². The standard InChI is InChI=1S/C22H26N2O6/c1-3-29-21(26)22(2,15-25)12-18-14-23(13-16-7-5-4-6-8-16)19-11-17(24(27)28)9-10-20(19)30-18/h4-11,18,25H,3,12-15H2,1-2H3/t18-,22?/m0/s1. The Morgan fingerprint density at radius 2 is 2.07 bits per heavy atom. The molecule has 0 saturated heterocycles. The average Bonchev–Trinajstić information content (AvgIpc) is 2.74. The first-order valence-electron chi connectivity index (χ1n) is 9.88. The van der Waals surface area contributed by atoms with Gasteiger partial charge in [-0.3, -0.25) is 14.9 Å². The molecule has 0 bridgehead atoms. The molecule has 1 unspecified atom stereocenters. The van der Waals surface area contributed by atoms with Crippen LogP contribution in [0.15, 0.2) is 48.5 Å². The maximum Gasteiger partial charge on any atom is 0.314 e. The molecule has 2 atom stereocenters. The highest BCUT2D eigenvalue weighted by Crippen LogP contribution is 2.39. The van der Waals surface area contributed by atoms with Crippen molar-refractivity contribution in [3.8, 4) is 5.75 Å². The summed E-state index contributed by atoms with van der Waals surface area (Å²) in [5.41, 5.74) is 0.565. The van der Waals surface area contributed by atoms with Crippen molar-refractivity contribution in [3.05, 3.63) is 64.2 Å². The minimum absolute atomic E-state index is 0.0134. The largest absolute Gasteiger partial charge is 0.486 e. The molecule has 1 aliphatic rings. The summed E-state index contributed by atoms with van der Waals surface area (Å²) in [4.78, 5) is 25.2. The Hall–Kier alpha value is -3.13. The fraction of sp³-hybridized carbons (Fsp3) is 0.409. The van der Waals surface area contributed by atoms with Crippen molar-refractivity contribution in [1.29, 1.82) is 0 Å². The summed E-state index contributed by atoms with van der Waals surface area (Å²) in [5, 5.41) is 21.1. The summed E-state index contributed by atoms with van der Waals surface area (Å²) in [6, 6.07) is 14.3. The fourth-order valence-electron chi connectivity index (χ4n) is 3.61. The highest BCUT2D eigenvalue weighted by atomic mass is 16.6. The van der Waals surface area contributed by atoms with Gasteiger partial charge in [0, 0.05) is 25.1 Å². The van der Waals surface area contributed by atoms with Gasteiger partial charge in [0.25, 0.3) is 5.69 Å². The lowest BCUT2D eigenvalue weighted by Crippen LogP contribution is -2.45. The van der Waals surface area contributed by atoms with Gasteiger partial charge >= 0.3 is 5.97 Å². The monoisotopic (exact) mass is 414 g/mol. The zero-order valence-corrected chi connectivity index (χ0v) is 17.1. The van der Waals surface area contributed by atoms with Gasteiger partial charge < -0.3 is 19.5 Å². The number of carbonyl (C=O) groups is 1. The van der Waals surface area contributed by atoms with E-state index < -0.39 is 22.4 Å². The molecular weight excluding hydrogens is 388 g/mol. The maximum absolute atomic E-state index is 12.4. The number of carbonyl (C=O) groups excluding carboxylic acids is 1. The topological polar surface area (TPSA) is 102 Å². The van der Waals surface area contributed by atoms with Gasteiger partial charge in [0.15, 0.2) is 0 Å². The minimum Gasteiger partial charge on any atom is -0.486 e. The van der Waals surface area contributed by atoms with Gasteiger partial charge in [-0.2, -0.15) is 0 Å². The first-order chi connectivity index (χ1) is 14.4. The number of aliphatic hydroxyl groups is 1. The third-order valence-corrected chi connectivity index (χ3v) is 5.22. The highest BCUT2D eigenvalue weighted by Gasteiger charge is 2.40. The number of hydrogen-bond acceptors (Lipinski definition) is 7. The zero-order chi connectivity index (χ0) is 21.7. The number of esters is 1. The highest BCUT2D eigenvalue weighted by molar-refractivity contribution is 5.76. The van der Waals surface area contributed by atoms with Gasteiger partial charge in [-0.15, -0.1) is 0 Å². The Balaban J connectivity index is 1.90. The van der Waals surface area contributed by atoms with Crippen LogP contribution in [0, 0.1) is 15.5 Å². The molecule has 2 aromatic carbocycles. The third kappa shape index (κ3) is 4.71. The molecule has 0 spiro atoms. The quantitative estimate of drug-likeness (QED) is 0.402. The summed E-state index contributed by atoms with van der Waals surface area (Å²) >= 11 is 0. The van der Waals surface area contributed by atoms with Crippen LogP contribution in [-0.2, 0) is 16.1 Å². The molecule has 0 fully saturated rings. The van der Waals surface area contributed by atoms with E-state index in [4.69, 9.17) is 9.47 Å². The summed E-state index contributed by atoms with van der Waals surface area (Å²) < 4.78 is 11.2. The van der Waals surface area contributed by atoms with Gasteiger partial charge in [0.05, 0.1) is 35.8 Å². The smallest absolute Gasteiger partial charge is 0.314 e. The summed E-state index contributed by atoms with van der Waals surface area (Å²) in [6.45, 7) is 4.19. The number of non-ortho nitro benzene ring substituents is 1. The number of benzene rings is 2. The molecule has 3 rings (SSSR count). The second-order valence-electron chi connectivity index (χ2n) is 7.66. The lowest BCUT2D eigenvalue weighted by atomic mass is 9.84. The number of aliphatic hydroxyl groups excluding tert-OH is 1.